The molecule has 5 heteroatoms. The van der Waals surface area contributed by atoms with E-state index in [2.05, 4.69) is 27.5 Å². The van der Waals surface area contributed by atoms with Crippen molar-refractivity contribution in [2.24, 2.45) is 0 Å². The van der Waals surface area contributed by atoms with Crippen molar-refractivity contribution in [2.75, 3.05) is 32.8 Å². The Morgan fingerprint density at radius 1 is 1.10 bits per heavy atom. The third-order valence-electron chi connectivity index (χ3n) is 3.07. The van der Waals surface area contributed by atoms with Crippen molar-refractivity contribution in [3.63, 3.8) is 0 Å². The first-order valence-electron chi connectivity index (χ1n) is 6.83. The molecule has 0 bridgehead atoms. The van der Waals surface area contributed by atoms with E-state index in [0.717, 1.165) is 29.1 Å². The quantitative estimate of drug-likeness (QED) is 0.635. The molecule has 114 valence electrons. The first-order chi connectivity index (χ1) is 9.72. The van der Waals surface area contributed by atoms with Gasteiger partial charge >= 0.3 is 0 Å². The van der Waals surface area contributed by atoms with Crippen LogP contribution in [0.3, 0.4) is 0 Å². The molecule has 0 heterocycles. The van der Waals surface area contributed by atoms with Crippen molar-refractivity contribution in [1.29, 1.82) is 0 Å². The molecule has 0 aromatic heterocycles. The van der Waals surface area contributed by atoms with E-state index in [1.165, 1.54) is 30.6 Å². The molecule has 0 radical (unpaired) electrons. The highest BCUT2D eigenvalue weighted by Crippen LogP contribution is 2.33. The number of ether oxygens (including phenoxy) is 2. The largest absolute Gasteiger partial charge is 0.493 e. The first-order valence-corrected chi connectivity index (χ1v) is 9.01. The molecule has 0 aliphatic rings. The van der Waals surface area contributed by atoms with Crippen LogP contribution >= 0.6 is 27.7 Å². The maximum Gasteiger partial charge on any atom is 0.161 e. The fourth-order valence-corrected chi connectivity index (χ4v) is 2.88. The molecule has 0 spiro atoms. The number of nitrogens with one attached hydrogen (secondary N) is 1. The van der Waals surface area contributed by atoms with Gasteiger partial charge in [-0.15, -0.1) is 0 Å². The summed E-state index contributed by atoms with van der Waals surface area (Å²) in [7, 11) is 3.31. The minimum Gasteiger partial charge on any atom is -0.493 e. The summed E-state index contributed by atoms with van der Waals surface area (Å²) in [5.41, 5.74) is 1.19. The molecule has 1 aromatic rings. The van der Waals surface area contributed by atoms with Crippen molar-refractivity contribution in [3.05, 3.63) is 22.2 Å². The van der Waals surface area contributed by atoms with Gasteiger partial charge in [0.25, 0.3) is 0 Å². The van der Waals surface area contributed by atoms with Crippen molar-refractivity contribution < 1.29 is 9.47 Å². The third kappa shape index (κ3) is 5.94. The lowest BCUT2D eigenvalue weighted by atomic mass is 10.2. The average Bonchev–Trinajstić information content (AvgIpc) is 2.47. The van der Waals surface area contributed by atoms with Gasteiger partial charge in [0.1, 0.15) is 0 Å². The second kappa shape index (κ2) is 10.4. The molecule has 0 atom stereocenters. The molecule has 20 heavy (non-hydrogen) atoms. The van der Waals surface area contributed by atoms with Gasteiger partial charge in [0.15, 0.2) is 11.5 Å². The van der Waals surface area contributed by atoms with Crippen LogP contribution in [-0.4, -0.2) is 32.8 Å². The predicted octanol–water partition coefficient (Wildman–Crippen LogP) is 4.09. The minimum atomic E-state index is 0.750. The minimum absolute atomic E-state index is 0.750. The topological polar surface area (TPSA) is 30.5 Å². The van der Waals surface area contributed by atoms with Crippen LogP contribution in [0.2, 0.25) is 0 Å². The van der Waals surface area contributed by atoms with Crippen LogP contribution in [0.4, 0.5) is 0 Å². The summed E-state index contributed by atoms with van der Waals surface area (Å²) in [4.78, 5) is 0. The Morgan fingerprint density at radius 2 is 1.80 bits per heavy atom. The summed E-state index contributed by atoms with van der Waals surface area (Å²) < 4.78 is 11.6. The molecule has 0 aliphatic carbocycles. The molecular formula is C15H24BrNO2S. The Hall–Kier alpha value is -0.390. The number of benzene rings is 1. The van der Waals surface area contributed by atoms with E-state index in [4.69, 9.17) is 9.47 Å². The molecule has 0 saturated heterocycles. The van der Waals surface area contributed by atoms with E-state index >= 15 is 0 Å². The van der Waals surface area contributed by atoms with E-state index in [-0.39, 0.29) is 0 Å². The molecule has 0 saturated carbocycles. The van der Waals surface area contributed by atoms with Crippen LogP contribution in [0.5, 0.6) is 11.5 Å². The third-order valence-corrected chi connectivity index (χ3v) is 4.51. The predicted molar refractivity (Wildman–Crippen MR) is 91.2 cm³/mol. The van der Waals surface area contributed by atoms with Gasteiger partial charge in [-0.2, -0.15) is 11.8 Å². The number of rotatable bonds is 10. The first kappa shape index (κ1) is 17.7. The van der Waals surface area contributed by atoms with E-state index in [1.807, 2.05) is 23.9 Å². The Labute approximate surface area is 134 Å². The van der Waals surface area contributed by atoms with E-state index in [1.54, 1.807) is 14.2 Å². The molecular weight excluding hydrogens is 338 g/mol. The molecule has 1 N–H and O–H groups in total. The molecule has 0 fully saturated rings. The summed E-state index contributed by atoms with van der Waals surface area (Å²) in [6.45, 7) is 1.89. The number of halogens is 1. The average molecular weight is 362 g/mol. The van der Waals surface area contributed by atoms with Crippen LogP contribution in [0.1, 0.15) is 24.8 Å². The summed E-state index contributed by atoms with van der Waals surface area (Å²) >= 11 is 5.50. The van der Waals surface area contributed by atoms with Gasteiger partial charge in [0.2, 0.25) is 0 Å². The molecule has 1 rings (SSSR count). The second-order valence-corrected chi connectivity index (χ2v) is 6.37. The van der Waals surface area contributed by atoms with Crippen LogP contribution < -0.4 is 14.8 Å². The number of thioether (sulfide) groups is 1. The molecule has 1 aromatic carbocycles. The highest BCUT2D eigenvalue weighted by atomic mass is 79.9. The van der Waals surface area contributed by atoms with Gasteiger partial charge in [-0.3, -0.25) is 0 Å². The standard InChI is InChI=1S/C15H24BrNO2S/c1-18-14-9-12(13(16)10-15(14)19-2)11-17-7-5-4-6-8-20-3/h9-10,17H,4-8,11H2,1-3H3. The van der Waals surface area contributed by atoms with Gasteiger partial charge in [-0.05, 0) is 49.1 Å². The Bertz CT molecular complexity index is 402. The lowest BCUT2D eigenvalue weighted by Gasteiger charge is -2.12. The fourth-order valence-electron chi connectivity index (χ4n) is 1.93. The van der Waals surface area contributed by atoms with Crippen LogP contribution in [0.25, 0.3) is 0 Å². The molecule has 0 unspecified atom stereocenters. The Morgan fingerprint density at radius 3 is 2.45 bits per heavy atom. The van der Waals surface area contributed by atoms with Gasteiger partial charge < -0.3 is 14.8 Å². The summed E-state index contributed by atoms with van der Waals surface area (Å²) in [5.74, 6) is 2.79. The number of hydrogen-bond donors (Lipinski definition) is 1. The zero-order chi connectivity index (χ0) is 14.8. The van der Waals surface area contributed by atoms with Crippen LogP contribution in [0.15, 0.2) is 16.6 Å². The highest BCUT2D eigenvalue weighted by Gasteiger charge is 2.09. The SMILES string of the molecule is COc1cc(Br)c(CNCCCCCSC)cc1OC. The fraction of sp³-hybridized carbons (Fsp3) is 0.600. The van der Waals surface area contributed by atoms with Crippen molar-refractivity contribution >= 4 is 27.7 Å². The van der Waals surface area contributed by atoms with Crippen molar-refractivity contribution in [2.45, 2.75) is 25.8 Å². The lowest BCUT2D eigenvalue weighted by Crippen LogP contribution is -2.15. The van der Waals surface area contributed by atoms with Gasteiger partial charge in [0.05, 0.1) is 14.2 Å². The van der Waals surface area contributed by atoms with E-state index < -0.39 is 0 Å². The van der Waals surface area contributed by atoms with Gasteiger partial charge in [0, 0.05) is 11.0 Å². The highest BCUT2D eigenvalue weighted by molar-refractivity contribution is 9.10. The number of hydrogen-bond acceptors (Lipinski definition) is 4. The number of unbranched alkanes of at least 4 members (excludes halogenated alkanes) is 2. The number of methoxy groups -OCH3 is 2. The van der Waals surface area contributed by atoms with Crippen molar-refractivity contribution in [1.82, 2.24) is 5.32 Å². The molecule has 0 aliphatic heterocycles. The van der Waals surface area contributed by atoms with Gasteiger partial charge in [-0.25, -0.2) is 0 Å². The zero-order valence-corrected chi connectivity index (χ0v) is 14.9. The monoisotopic (exact) mass is 361 g/mol. The van der Waals surface area contributed by atoms with Crippen LogP contribution in [0, 0.1) is 0 Å². The van der Waals surface area contributed by atoms with E-state index in [0.29, 0.717) is 0 Å². The summed E-state index contributed by atoms with van der Waals surface area (Å²) in [6, 6.07) is 3.97. The molecule has 3 nitrogen and oxygen atoms in total. The normalized spacial score (nSPS) is 10.6. The molecule has 0 amide bonds. The Kier molecular flexibility index (Phi) is 9.14. The second-order valence-electron chi connectivity index (χ2n) is 4.53. The summed E-state index contributed by atoms with van der Waals surface area (Å²) in [6.07, 6.45) is 5.99. The maximum absolute atomic E-state index is 5.33. The zero-order valence-electron chi connectivity index (χ0n) is 12.5. The maximum atomic E-state index is 5.33. The van der Waals surface area contributed by atoms with Crippen LogP contribution in [-0.2, 0) is 6.54 Å². The Balaban J connectivity index is 2.40. The van der Waals surface area contributed by atoms with Crippen molar-refractivity contribution in [3.8, 4) is 11.5 Å². The summed E-state index contributed by atoms with van der Waals surface area (Å²) in [5, 5.41) is 3.48. The smallest absolute Gasteiger partial charge is 0.161 e. The van der Waals surface area contributed by atoms with E-state index in [9.17, 15) is 0 Å². The van der Waals surface area contributed by atoms with Gasteiger partial charge in [-0.1, -0.05) is 22.4 Å². The lowest BCUT2D eigenvalue weighted by molar-refractivity contribution is 0.354.